The third kappa shape index (κ3) is 6.81. The summed E-state index contributed by atoms with van der Waals surface area (Å²) in [4.78, 5) is 37.5. The second kappa shape index (κ2) is 11.1. The van der Waals surface area contributed by atoms with Gasteiger partial charge in [0, 0.05) is 11.6 Å². The monoisotopic (exact) mass is 418 g/mol. The third-order valence-electron chi connectivity index (χ3n) is 5.86. The van der Waals surface area contributed by atoms with Gasteiger partial charge in [-0.05, 0) is 30.9 Å². The van der Waals surface area contributed by atoms with Gasteiger partial charge in [-0.25, -0.2) is 9.59 Å². The van der Waals surface area contributed by atoms with Gasteiger partial charge in [-0.2, -0.15) is 0 Å². The number of carbonyl (C=O) groups is 3. The number of urea groups is 1. The fraction of sp³-hybridized carbons (Fsp3) is 0.591. The molecule has 3 rings (SSSR count). The van der Waals surface area contributed by atoms with Gasteiger partial charge in [-0.15, -0.1) is 0 Å². The number of hydrogen-bond donors (Lipinski definition) is 3. The number of quaternary nitrogens is 1. The van der Waals surface area contributed by atoms with Gasteiger partial charge in [0.2, 0.25) is 0 Å². The molecule has 0 unspecified atom stereocenters. The molecule has 0 spiro atoms. The Morgan fingerprint density at radius 3 is 2.50 bits per heavy atom. The van der Waals surface area contributed by atoms with Crippen LogP contribution in [-0.2, 0) is 20.8 Å². The Morgan fingerprint density at radius 2 is 1.80 bits per heavy atom. The van der Waals surface area contributed by atoms with E-state index >= 15 is 0 Å². The van der Waals surface area contributed by atoms with E-state index in [0.29, 0.717) is 11.5 Å². The topological polar surface area (TPSA) is 98.2 Å². The van der Waals surface area contributed by atoms with E-state index in [4.69, 9.17) is 9.47 Å². The summed E-state index contributed by atoms with van der Waals surface area (Å²) in [5.74, 6) is -0.834. The first-order chi connectivity index (χ1) is 14.5. The van der Waals surface area contributed by atoms with Crippen molar-refractivity contribution in [3.63, 3.8) is 0 Å². The minimum atomic E-state index is -0.642. The van der Waals surface area contributed by atoms with Gasteiger partial charge in [-0.3, -0.25) is 10.1 Å². The summed E-state index contributed by atoms with van der Waals surface area (Å²) < 4.78 is 10.4. The number of rotatable bonds is 6. The molecule has 8 heteroatoms. The molecule has 3 N–H and O–H groups in total. The van der Waals surface area contributed by atoms with E-state index in [2.05, 4.69) is 17.6 Å². The maximum atomic E-state index is 12.2. The maximum Gasteiger partial charge on any atom is 0.338 e. The summed E-state index contributed by atoms with van der Waals surface area (Å²) in [5, 5.41) is 5.07. The molecule has 1 saturated heterocycles. The number of ether oxygens (including phenoxy) is 2. The Morgan fingerprint density at radius 1 is 1.10 bits per heavy atom. The number of morpholine rings is 1. The Kier molecular flexibility index (Phi) is 8.21. The number of benzene rings is 1. The van der Waals surface area contributed by atoms with Crippen molar-refractivity contribution in [2.24, 2.45) is 5.92 Å². The van der Waals surface area contributed by atoms with Gasteiger partial charge in [0.15, 0.2) is 6.61 Å². The minimum absolute atomic E-state index is 0.0758. The molecule has 1 aromatic carbocycles. The molecule has 1 aromatic rings. The predicted molar refractivity (Wildman–Crippen MR) is 110 cm³/mol. The lowest BCUT2D eigenvalue weighted by Crippen LogP contribution is -3.12. The average molecular weight is 419 g/mol. The zero-order valence-electron chi connectivity index (χ0n) is 17.6. The second-order valence-electron chi connectivity index (χ2n) is 8.20. The molecule has 0 bridgehead atoms. The number of carbonyl (C=O) groups excluding carboxylic acids is 3. The van der Waals surface area contributed by atoms with Crippen molar-refractivity contribution in [2.45, 2.75) is 45.2 Å². The fourth-order valence-electron chi connectivity index (χ4n) is 4.00. The zero-order chi connectivity index (χ0) is 21.3. The summed E-state index contributed by atoms with van der Waals surface area (Å²) >= 11 is 0. The number of nitrogens with one attached hydrogen (secondary N) is 3. The molecule has 2 fully saturated rings. The standard InChI is InChI=1S/C22H31N3O5/c1-16-4-2-3-5-19(16)23-22(28)24-20(26)15-30-21(27)18-8-6-17(7-9-18)14-25-10-12-29-13-11-25/h6-9,16,19H,2-5,10-15H2,1H3,(H2,23,24,26,28)/p+1/t16-,19-/m1/s1. The molecule has 164 valence electrons. The van der Waals surface area contributed by atoms with Gasteiger partial charge >= 0.3 is 12.0 Å². The molecule has 30 heavy (non-hydrogen) atoms. The van der Waals surface area contributed by atoms with Crippen molar-refractivity contribution in [3.05, 3.63) is 35.4 Å². The molecule has 0 radical (unpaired) electrons. The first-order valence-electron chi connectivity index (χ1n) is 10.8. The lowest BCUT2D eigenvalue weighted by molar-refractivity contribution is -0.921. The fourth-order valence-corrected chi connectivity index (χ4v) is 4.00. The van der Waals surface area contributed by atoms with Crippen LogP contribution >= 0.6 is 0 Å². The molecule has 0 aromatic heterocycles. The molecular formula is C22H32N3O5+. The van der Waals surface area contributed by atoms with Gasteiger partial charge in [0.1, 0.15) is 19.6 Å². The molecule has 8 nitrogen and oxygen atoms in total. The van der Waals surface area contributed by atoms with Crippen LogP contribution in [0.2, 0.25) is 0 Å². The lowest BCUT2D eigenvalue weighted by Gasteiger charge is -2.29. The van der Waals surface area contributed by atoms with Crippen LogP contribution < -0.4 is 15.5 Å². The Bertz CT molecular complexity index is 731. The summed E-state index contributed by atoms with van der Waals surface area (Å²) in [6.07, 6.45) is 4.24. The average Bonchev–Trinajstić information content (AvgIpc) is 2.75. The van der Waals surface area contributed by atoms with E-state index in [1.165, 1.54) is 11.3 Å². The normalized spacial score (nSPS) is 22.2. The van der Waals surface area contributed by atoms with Crippen LogP contribution in [0, 0.1) is 5.92 Å². The van der Waals surface area contributed by atoms with Crippen LogP contribution in [0.3, 0.4) is 0 Å². The number of esters is 1. The molecule has 1 heterocycles. The summed E-state index contributed by atoms with van der Waals surface area (Å²) in [7, 11) is 0. The third-order valence-corrected chi connectivity index (χ3v) is 5.86. The Labute approximate surface area is 177 Å². The van der Waals surface area contributed by atoms with E-state index in [9.17, 15) is 14.4 Å². The zero-order valence-corrected chi connectivity index (χ0v) is 17.6. The maximum absolute atomic E-state index is 12.2. The van der Waals surface area contributed by atoms with Crippen molar-refractivity contribution in [1.82, 2.24) is 10.6 Å². The van der Waals surface area contributed by atoms with Crippen LogP contribution in [0.4, 0.5) is 4.79 Å². The quantitative estimate of drug-likeness (QED) is 0.590. The molecule has 3 amide bonds. The van der Waals surface area contributed by atoms with Crippen molar-refractivity contribution in [3.8, 4) is 0 Å². The Hall–Kier alpha value is -2.45. The van der Waals surface area contributed by atoms with Crippen LogP contribution in [0.25, 0.3) is 0 Å². The molecule has 2 aliphatic rings. The van der Waals surface area contributed by atoms with Crippen molar-refractivity contribution in [1.29, 1.82) is 0 Å². The highest BCUT2D eigenvalue weighted by Gasteiger charge is 2.23. The van der Waals surface area contributed by atoms with Gasteiger partial charge in [0.05, 0.1) is 18.8 Å². The molecule has 2 atom stereocenters. The van der Waals surface area contributed by atoms with Crippen molar-refractivity contribution in [2.75, 3.05) is 32.9 Å². The molecular weight excluding hydrogens is 386 g/mol. The Balaban J connectivity index is 1.38. The van der Waals surface area contributed by atoms with E-state index in [1.54, 1.807) is 12.1 Å². The second-order valence-corrected chi connectivity index (χ2v) is 8.20. The molecule has 1 aliphatic heterocycles. The number of hydrogen-bond acceptors (Lipinski definition) is 5. The molecule has 1 saturated carbocycles. The van der Waals surface area contributed by atoms with E-state index in [-0.39, 0.29) is 6.04 Å². The van der Waals surface area contributed by atoms with Gasteiger partial charge in [-0.1, -0.05) is 31.9 Å². The number of imide groups is 1. The predicted octanol–water partition coefficient (Wildman–Crippen LogP) is 0.663. The highest BCUT2D eigenvalue weighted by atomic mass is 16.5. The highest BCUT2D eigenvalue weighted by Crippen LogP contribution is 2.23. The highest BCUT2D eigenvalue weighted by molar-refractivity contribution is 5.97. The largest absolute Gasteiger partial charge is 0.452 e. The lowest BCUT2D eigenvalue weighted by atomic mass is 9.86. The number of amides is 3. The van der Waals surface area contributed by atoms with Gasteiger partial charge < -0.3 is 19.7 Å². The van der Waals surface area contributed by atoms with Crippen LogP contribution in [0.1, 0.15) is 48.5 Å². The molecule has 1 aliphatic carbocycles. The first kappa shape index (κ1) is 22.2. The summed E-state index contributed by atoms with van der Waals surface area (Å²) in [5.41, 5.74) is 1.51. The SMILES string of the molecule is C[C@@H]1CCCC[C@H]1NC(=O)NC(=O)COC(=O)c1ccc(C[NH+]2CCOCC2)cc1. The van der Waals surface area contributed by atoms with Crippen molar-refractivity contribution >= 4 is 17.9 Å². The summed E-state index contributed by atoms with van der Waals surface area (Å²) in [6.45, 7) is 6.00. The summed E-state index contributed by atoms with van der Waals surface area (Å²) in [6, 6.07) is 6.74. The van der Waals surface area contributed by atoms with Crippen LogP contribution in [0.5, 0.6) is 0 Å². The van der Waals surface area contributed by atoms with Crippen LogP contribution in [-0.4, -0.2) is 56.9 Å². The minimum Gasteiger partial charge on any atom is -0.452 e. The first-order valence-corrected chi connectivity index (χ1v) is 10.8. The van der Waals surface area contributed by atoms with E-state index in [0.717, 1.165) is 57.7 Å². The van der Waals surface area contributed by atoms with Crippen molar-refractivity contribution < 1.29 is 28.8 Å². The van der Waals surface area contributed by atoms with Gasteiger partial charge in [0.25, 0.3) is 5.91 Å². The smallest absolute Gasteiger partial charge is 0.338 e. The van der Waals surface area contributed by atoms with Crippen LogP contribution in [0.15, 0.2) is 24.3 Å². The van der Waals surface area contributed by atoms with E-state index in [1.807, 2.05) is 12.1 Å². The van der Waals surface area contributed by atoms with E-state index < -0.39 is 24.5 Å².